The summed E-state index contributed by atoms with van der Waals surface area (Å²) in [6.07, 6.45) is 1.21. The van der Waals surface area contributed by atoms with Crippen LogP contribution in [-0.4, -0.2) is 22.8 Å². The third kappa shape index (κ3) is 3.72. The van der Waals surface area contributed by atoms with Gasteiger partial charge in [-0.15, -0.1) is 10.2 Å². The predicted molar refractivity (Wildman–Crippen MR) is 77.8 cm³/mol. The van der Waals surface area contributed by atoms with Crippen LogP contribution >= 0.6 is 0 Å². The molecule has 122 valence electrons. The summed E-state index contributed by atoms with van der Waals surface area (Å²) in [5, 5.41) is 7.34. The van der Waals surface area contributed by atoms with Crippen LogP contribution in [0.15, 0.2) is 59.3 Å². The number of nitrogens with zero attached hydrogens (tertiary/aromatic N) is 2. The first-order valence-corrected chi connectivity index (χ1v) is 6.75. The summed E-state index contributed by atoms with van der Waals surface area (Å²) < 4.78 is 38.6. The minimum Gasteiger partial charge on any atom is -0.435 e. The summed E-state index contributed by atoms with van der Waals surface area (Å²) in [7, 11) is 0. The average Bonchev–Trinajstić information content (AvgIpc) is 3.10. The van der Waals surface area contributed by atoms with Crippen LogP contribution in [0.5, 0.6) is 11.5 Å². The molecule has 0 fully saturated rings. The van der Waals surface area contributed by atoms with Crippen LogP contribution in [0.2, 0.25) is 0 Å². The molecule has 24 heavy (non-hydrogen) atoms. The van der Waals surface area contributed by atoms with E-state index >= 15 is 0 Å². The second-order valence-electron chi connectivity index (χ2n) is 4.56. The Hall–Kier alpha value is -3.29. The van der Waals surface area contributed by atoms with Gasteiger partial charge in [-0.2, -0.15) is 8.78 Å². The zero-order valence-electron chi connectivity index (χ0n) is 12.1. The number of benzene rings is 2. The quantitative estimate of drug-likeness (QED) is 0.525. The van der Waals surface area contributed by atoms with E-state index in [-0.39, 0.29) is 11.3 Å². The van der Waals surface area contributed by atoms with E-state index in [4.69, 9.17) is 9.15 Å². The largest absolute Gasteiger partial charge is 0.435 e. The van der Waals surface area contributed by atoms with Gasteiger partial charge in [-0.3, -0.25) is 0 Å². The van der Waals surface area contributed by atoms with Gasteiger partial charge in [0.05, 0.1) is 5.56 Å². The molecule has 0 unspecified atom stereocenters. The van der Waals surface area contributed by atoms with Crippen LogP contribution in [0.1, 0.15) is 10.4 Å². The number of halogens is 2. The van der Waals surface area contributed by atoms with Crippen molar-refractivity contribution in [1.29, 1.82) is 0 Å². The number of carbonyl (C=O) groups excluding carboxylic acids is 1. The van der Waals surface area contributed by atoms with Crippen molar-refractivity contribution in [2.24, 2.45) is 0 Å². The van der Waals surface area contributed by atoms with Crippen molar-refractivity contribution in [3.05, 3.63) is 60.5 Å². The maximum Gasteiger partial charge on any atom is 0.387 e. The maximum absolute atomic E-state index is 12.1. The molecule has 3 rings (SSSR count). The highest BCUT2D eigenvalue weighted by Crippen LogP contribution is 2.21. The fourth-order valence-corrected chi connectivity index (χ4v) is 1.90. The van der Waals surface area contributed by atoms with E-state index in [1.54, 1.807) is 24.3 Å². The molecule has 0 atom stereocenters. The molecule has 1 heterocycles. The van der Waals surface area contributed by atoms with Crippen molar-refractivity contribution in [3.8, 4) is 23.0 Å². The second kappa shape index (κ2) is 6.86. The number of alkyl halides is 2. The molecule has 0 aliphatic rings. The molecule has 6 nitrogen and oxygen atoms in total. The first-order valence-electron chi connectivity index (χ1n) is 6.75. The van der Waals surface area contributed by atoms with Crippen molar-refractivity contribution >= 4 is 5.97 Å². The summed E-state index contributed by atoms with van der Waals surface area (Å²) in [5.41, 5.74) is 0.887. The van der Waals surface area contributed by atoms with Gasteiger partial charge in [0.25, 0.3) is 0 Å². The summed E-state index contributed by atoms with van der Waals surface area (Å²) in [6, 6.07) is 11.7. The topological polar surface area (TPSA) is 74.5 Å². The summed E-state index contributed by atoms with van der Waals surface area (Å²) in [4.78, 5) is 12.0. The lowest BCUT2D eigenvalue weighted by Gasteiger charge is -2.06. The van der Waals surface area contributed by atoms with E-state index in [2.05, 4.69) is 14.9 Å². The normalized spacial score (nSPS) is 10.6. The molecule has 8 heteroatoms. The number of ether oxygens (including phenoxy) is 2. The molecule has 0 saturated carbocycles. The van der Waals surface area contributed by atoms with Gasteiger partial charge < -0.3 is 13.9 Å². The zero-order chi connectivity index (χ0) is 16.9. The van der Waals surface area contributed by atoms with Crippen molar-refractivity contribution in [2.45, 2.75) is 6.61 Å². The smallest absolute Gasteiger partial charge is 0.387 e. The van der Waals surface area contributed by atoms with E-state index in [1.165, 1.54) is 30.7 Å². The lowest BCUT2D eigenvalue weighted by atomic mass is 10.2. The number of rotatable bonds is 5. The van der Waals surface area contributed by atoms with Crippen LogP contribution < -0.4 is 9.47 Å². The molecule has 0 aliphatic heterocycles. The number of hydrogen-bond acceptors (Lipinski definition) is 6. The third-order valence-electron chi connectivity index (χ3n) is 2.99. The Bertz CT molecular complexity index is 803. The lowest BCUT2D eigenvalue weighted by molar-refractivity contribution is -0.0498. The summed E-state index contributed by atoms with van der Waals surface area (Å²) in [5.74, 6) is 0.00765. The van der Waals surface area contributed by atoms with Gasteiger partial charge >= 0.3 is 12.6 Å². The summed E-state index contributed by atoms with van der Waals surface area (Å²) in [6.45, 7) is -2.92. The SMILES string of the molecule is O=C(Oc1ccc(-c2nnco2)cc1)c1ccc(OC(F)F)cc1. The highest BCUT2D eigenvalue weighted by Gasteiger charge is 2.11. The first kappa shape index (κ1) is 15.6. The van der Waals surface area contributed by atoms with E-state index < -0.39 is 12.6 Å². The van der Waals surface area contributed by atoms with Gasteiger partial charge in [-0.05, 0) is 48.5 Å². The van der Waals surface area contributed by atoms with Crippen LogP contribution in [0.3, 0.4) is 0 Å². The fourth-order valence-electron chi connectivity index (χ4n) is 1.90. The van der Waals surface area contributed by atoms with Gasteiger partial charge in [0.2, 0.25) is 12.3 Å². The molecule has 0 saturated heterocycles. The summed E-state index contributed by atoms with van der Waals surface area (Å²) >= 11 is 0. The number of carbonyl (C=O) groups is 1. The van der Waals surface area contributed by atoms with Crippen LogP contribution in [-0.2, 0) is 0 Å². The maximum atomic E-state index is 12.1. The second-order valence-corrected chi connectivity index (χ2v) is 4.56. The number of hydrogen-bond donors (Lipinski definition) is 0. The molecular weight excluding hydrogens is 322 g/mol. The minimum absolute atomic E-state index is 0.0366. The molecule has 0 aliphatic carbocycles. The standard InChI is InChI=1S/C16H10F2N2O4/c17-16(18)24-13-7-3-11(4-8-13)15(21)23-12-5-1-10(2-6-12)14-20-19-9-22-14/h1-9,16H. The average molecular weight is 332 g/mol. The fraction of sp³-hybridized carbons (Fsp3) is 0.0625. The van der Waals surface area contributed by atoms with Crippen molar-refractivity contribution in [3.63, 3.8) is 0 Å². The van der Waals surface area contributed by atoms with E-state index in [1.807, 2.05) is 0 Å². The van der Waals surface area contributed by atoms with Gasteiger partial charge in [0.1, 0.15) is 11.5 Å². The van der Waals surface area contributed by atoms with E-state index in [9.17, 15) is 13.6 Å². The van der Waals surface area contributed by atoms with Crippen molar-refractivity contribution in [1.82, 2.24) is 10.2 Å². The van der Waals surface area contributed by atoms with Gasteiger partial charge in [-0.25, -0.2) is 4.79 Å². The van der Waals surface area contributed by atoms with E-state index in [0.29, 0.717) is 17.2 Å². The zero-order valence-corrected chi connectivity index (χ0v) is 12.1. The molecule has 0 N–H and O–H groups in total. The highest BCUT2D eigenvalue weighted by molar-refractivity contribution is 5.91. The molecule has 0 amide bonds. The number of esters is 1. The Morgan fingerprint density at radius 3 is 2.25 bits per heavy atom. The Labute approximate surface area is 134 Å². The van der Waals surface area contributed by atoms with Gasteiger partial charge in [0.15, 0.2) is 0 Å². The predicted octanol–water partition coefficient (Wildman–Crippen LogP) is 3.56. The van der Waals surface area contributed by atoms with E-state index in [0.717, 1.165) is 0 Å². The van der Waals surface area contributed by atoms with Crippen LogP contribution in [0.25, 0.3) is 11.5 Å². The van der Waals surface area contributed by atoms with Crippen LogP contribution in [0, 0.1) is 0 Å². The Morgan fingerprint density at radius 1 is 1.00 bits per heavy atom. The lowest BCUT2D eigenvalue weighted by Crippen LogP contribution is -2.08. The minimum atomic E-state index is -2.92. The van der Waals surface area contributed by atoms with Crippen molar-refractivity contribution in [2.75, 3.05) is 0 Å². The molecule has 1 aromatic heterocycles. The molecule has 0 radical (unpaired) electrons. The Balaban J connectivity index is 1.66. The highest BCUT2D eigenvalue weighted by atomic mass is 19.3. The Morgan fingerprint density at radius 2 is 1.67 bits per heavy atom. The molecule has 2 aromatic carbocycles. The molecular formula is C16H10F2N2O4. The monoisotopic (exact) mass is 332 g/mol. The molecule has 0 bridgehead atoms. The first-order chi connectivity index (χ1) is 11.6. The molecule has 3 aromatic rings. The third-order valence-corrected chi connectivity index (χ3v) is 2.99. The van der Waals surface area contributed by atoms with Crippen LogP contribution in [0.4, 0.5) is 8.78 Å². The molecule has 0 spiro atoms. The van der Waals surface area contributed by atoms with Gasteiger partial charge in [0, 0.05) is 5.56 Å². The van der Waals surface area contributed by atoms with Gasteiger partial charge in [-0.1, -0.05) is 0 Å². The van der Waals surface area contributed by atoms with Crippen molar-refractivity contribution < 1.29 is 27.5 Å². The number of aromatic nitrogens is 2. The Kier molecular flexibility index (Phi) is 4.46.